The van der Waals surface area contributed by atoms with Crippen LogP contribution in [0.2, 0.25) is 0 Å². The van der Waals surface area contributed by atoms with Gasteiger partial charge in [-0.3, -0.25) is 14.6 Å². The van der Waals surface area contributed by atoms with Crippen molar-refractivity contribution >= 4 is 23.2 Å². The Balaban J connectivity index is 1.82. The Morgan fingerprint density at radius 1 is 1.24 bits per heavy atom. The molecule has 0 bridgehead atoms. The number of carbonyl (C=O) groups excluding carboxylic acids is 2. The van der Waals surface area contributed by atoms with Gasteiger partial charge in [-0.05, 0) is 12.1 Å². The minimum absolute atomic E-state index is 0.108. The normalized spacial score (nSPS) is 10.1. The van der Waals surface area contributed by atoms with Crippen LogP contribution in [0.15, 0.2) is 29.8 Å². The number of carbonyl (C=O) groups is 2. The second-order valence-electron chi connectivity index (χ2n) is 4.37. The van der Waals surface area contributed by atoms with Crippen LogP contribution in [0, 0.1) is 0 Å². The van der Waals surface area contributed by atoms with Crippen molar-refractivity contribution in [1.82, 2.24) is 20.6 Å². The molecule has 21 heavy (non-hydrogen) atoms. The van der Waals surface area contributed by atoms with Crippen LogP contribution >= 0.6 is 11.3 Å². The van der Waals surface area contributed by atoms with Crippen molar-refractivity contribution < 1.29 is 9.59 Å². The molecule has 0 aliphatic heterocycles. The number of hydrogen-bond donors (Lipinski definition) is 2. The number of thiazole rings is 1. The van der Waals surface area contributed by atoms with E-state index in [9.17, 15) is 9.59 Å². The Morgan fingerprint density at radius 3 is 2.76 bits per heavy atom. The zero-order valence-corrected chi connectivity index (χ0v) is 12.4. The van der Waals surface area contributed by atoms with E-state index in [2.05, 4.69) is 20.6 Å². The second-order valence-corrected chi connectivity index (χ2v) is 5.23. The van der Waals surface area contributed by atoms with Crippen molar-refractivity contribution in [2.24, 2.45) is 0 Å². The number of pyridine rings is 1. The Hall–Kier alpha value is -2.28. The van der Waals surface area contributed by atoms with Gasteiger partial charge >= 0.3 is 0 Å². The van der Waals surface area contributed by atoms with Crippen molar-refractivity contribution in [2.45, 2.75) is 13.3 Å². The van der Waals surface area contributed by atoms with E-state index in [1.165, 1.54) is 18.3 Å². The minimum atomic E-state index is -0.113. The smallest absolute Gasteiger partial charge is 0.226 e. The average Bonchev–Trinajstić information content (AvgIpc) is 2.93. The first kappa shape index (κ1) is 15.1. The standard InChI is InChI=1S/C14H16N4O2S/c1-10(19)15-6-7-17-13(20)8-11-9-21-14(18-11)12-4-2-3-5-16-12/h2-5,9H,6-8H2,1H3,(H,15,19)(H,17,20). The molecule has 110 valence electrons. The lowest BCUT2D eigenvalue weighted by atomic mass is 10.3. The molecule has 0 aliphatic carbocycles. The summed E-state index contributed by atoms with van der Waals surface area (Å²) in [6.45, 7) is 2.28. The number of nitrogens with one attached hydrogen (secondary N) is 2. The molecule has 6 nitrogen and oxygen atoms in total. The SMILES string of the molecule is CC(=O)NCCNC(=O)Cc1csc(-c2ccccn2)n1. The molecule has 0 radical (unpaired) electrons. The summed E-state index contributed by atoms with van der Waals surface area (Å²) in [5.74, 6) is -0.220. The molecule has 2 aromatic rings. The van der Waals surface area contributed by atoms with E-state index in [1.54, 1.807) is 6.20 Å². The van der Waals surface area contributed by atoms with Gasteiger partial charge in [-0.25, -0.2) is 4.98 Å². The van der Waals surface area contributed by atoms with Gasteiger partial charge in [-0.1, -0.05) is 6.07 Å². The Morgan fingerprint density at radius 2 is 2.05 bits per heavy atom. The third-order valence-corrected chi connectivity index (χ3v) is 3.51. The highest BCUT2D eigenvalue weighted by atomic mass is 32.1. The quantitative estimate of drug-likeness (QED) is 0.780. The molecular formula is C14H16N4O2S. The highest BCUT2D eigenvalue weighted by molar-refractivity contribution is 7.13. The van der Waals surface area contributed by atoms with Gasteiger partial charge < -0.3 is 10.6 Å². The lowest BCUT2D eigenvalue weighted by Gasteiger charge is -2.04. The fourth-order valence-corrected chi connectivity index (χ4v) is 2.46. The van der Waals surface area contributed by atoms with E-state index in [1.807, 2.05) is 23.6 Å². The monoisotopic (exact) mass is 304 g/mol. The molecule has 0 saturated heterocycles. The fourth-order valence-electron chi connectivity index (χ4n) is 1.66. The lowest BCUT2D eigenvalue weighted by Crippen LogP contribution is -2.34. The highest BCUT2D eigenvalue weighted by Crippen LogP contribution is 2.21. The van der Waals surface area contributed by atoms with Gasteiger partial charge in [0.25, 0.3) is 0 Å². The van der Waals surface area contributed by atoms with Gasteiger partial charge in [0.2, 0.25) is 11.8 Å². The van der Waals surface area contributed by atoms with Crippen molar-refractivity contribution in [2.75, 3.05) is 13.1 Å². The van der Waals surface area contributed by atoms with Crippen LogP contribution in [0.25, 0.3) is 10.7 Å². The van der Waals surface area contributed by atoms with E-state index < -0.39 is 0 Å². The van der Waals surface area contributed by atoms with Crippen molar-refractivity contribution in [3.63, 3.8) is 0 Å². The topological polar surface area (TPSA) is 84.0 Å². The predicted octanol–water partition coefficient (Wildman–Crippen LogP) is 1.000. The number of amides is 2. The maximum absolute atomic E-state index is 11.7. The van der Waals surface area contributed by atoms with Crippen molar-refractivity contribution in [3.05, 3.63) is 35.5 Å². The van der Waals surface area contributed by atoms with Crippen LogP contribution < -0.4 is 10.6 Å². The zero-order chi connectivity index (χ0) is 15.1. The zero-order valence-electron chi connectivity index (χ0n) is 11.6. The van der Waals surface area contributed by atoms with Gasteiger partial charge in [0.15, 0.2) is 0 Å². The first-order chi connectivity index (χ1) is 10.1. The van der Waals surface area contributed by atoms with Gasteiger partial charge in [0, 0.05) is 31.6 Å². The van der Waals surface area contributed by atoms with Crippen molar-refractivity contribution in [3.8, 4) is 10.7 Å². The van der Waals surface area contributed by atoms with Gasteiger partial charge in [-0.2, -0.15) is 0 Å². The summed E-state index contributed by atoms with van der Waals surface area (Å²) in [7, 11) is 0. The van der Waals surface area contributed by atoms with Gasteiger partial charge in [0.05, 0.1) is 17.8 Å². The van der Waals surface area contributed by atoms with Crippen LogP contribution in [-0.4, -0.2) is 34.9 Å². The summed E-state index contributed by atoms with van der Waals surface area (Å²) in [6.07, 6.45) is 1.94. The predicted molar refractivity (Wildman–Crippen MR) is 80.7 cm³/mol. The van der Waals surface area contributed by atoms with Crippen LogP contribution in [0.5, 0.6) is 0 Å². The second kappa shape index (κ2) is 7.49. The molecule has 0 unspecified atom stereocenters. The summed E-state index contributed by atoms with van der Waals surface area (Å²) in [6, 6.07) is 5.63. The first-order valence-electron chi connectivity index (χ1n) is 6.52. The van der Waals surface area contributed by atoms with E-state index in [0.29, 0.717) is 13.1 Å². The molecule has 0 fully saturated rings. The number of nitrogens with zero attached hydrogens (tertiary/aromatic N) is 2. The van der Waals surface area contributed by atoms with E-state index in [-0.39, 0.29) is 18.2 Å². The van der Waals surface area contributed by atoms with Crippen molar-refractivity contribution in [1.29, 1.82) is 0 Å². The number of aromatic nitrogens is 2. The van der Waals surface area contributed by atoms with Crippen LogP contribution in [-0.2, 0) is 16.0 Å². The number of rotatable bonds is 6. The molecular weight excluding hydrogens is 288 g/mol. The van der Waals surface area contributed by atoms with Crippen LogP contribution in [0.4, 0.5) is 0 Å². The van der Waals surface area contributed by atoms with Crippen LogP contribution in [0.3, 0.4) is 0 Å². The van der Waals surface area contributed by atoms with E-state index in [4.69, 9.17) is 0 Å². The van der Waals surface area contributed by atoms with Gasteiger partial charge in [0.1, 0.15) is 5.01 Å². The van der Waals surface area contributed by atoms with Gasteiger partial charge in [-0.15, -0.1) is 11.3 Å². The largest absolute Gasteiger partial charge is 0.355 e. The summed E-state index contributed by atoms with van der Waals surface area (Å²) in [5, 5.41) is 8.01. The maximum atomic E-state index is 11.7. The molecule has 2 N–H and O–H groups in total. The van der Waals surface area contributed by atoms with E-state index in [0.717, 1.165) is 16.4 Å². The highest BCUT2D eigenvalue weighted by Gasteiger charge is 2.09. The average molecular weight is 304 g/mol. The molecule has 7 heteroatoms. The maximum Gasteiger partial charge on any atom is 0.226 e. The fraction of sp³-hybridized carbons (Fsp3) is 0.286. The molecule has 0 atom stereocenters. The van der Waals surface area contributed by atoms with Crippen LogP contribution in [0.1, 0.15) is 12.6 Å². The molecule has 0 aromatic carbocycles. The third-order valence-electron chi connectivity index (χ3n) is 2.60. The molecule has 2 rings (SSSR count). The molecule has 0 spiro atoms. The molecule has 2 heterocycles. The first-order valence-corrected chi connectivity index (χ1v) is 7.40. The molecule has 2 amide bonds. The molecule has 0 saturated carbocycles. The minimum Gasteiger partial charge on any atom is -0.355 e. The lowest BCUT2D eigenvalue weighted by molar-refractivity contribution is -0.121. The summed E-state index contributed by atoms with van der Waals surface area (Å²) < 4.78 is 0. The number of hydrogen-bond acceptors (Lipinski definition) is 5. The Bertz CT molecular complexity index is 612. The summed E-state index contributed by atoms with van der Waals surface area (Å²) in [4.78, 5) is 31.0. The molecule has 2 aromatic heterocycles. The summed E-state index contributed by atoms with van der Waals surface area (Å²) >= 11 is 1.47. The third kappa shape index (κ3) is 4.96. The molecule has 0 aliphatic rings. The summed E-state index contributed by atoms with van der Waals surface area (Å²) in [5.41, 5.74) is 1.53. The van der Waals surface area contributed by atoms with E-state index >= 15 is 0 Å². The Labute approximate surface area is 126 Å². The Kier molecular flexibility index (Phi) is 5.39.